The quantitative estimate of drug-likeness (QED) is 0.850. The fourth-order valence-electron chi connectivity index (χ4n) is 3.02. The number of aliphatic carboxylic acids is 1. The van der Waals surface area contributed by atoms with Crippen molar-refractivity contribution < 1.29 is 14.7 Å². The summed E-state index contributed by atoms with van der Waals surface area (Å²) in [5.74, 6) is -0.684. The summed E-state index contributed by atoms with van der Waals surface area (Å²) in [5.41, 5.74) is -0.429. The molecule has 2 aromatic heterocycles. The molecule has 0 radical (unpaired) electrons. The lowest BCUT2D eigenvalue weighted by Gasteiger charge is -2.36. The Labute approximate surface area is 148 Å². The standard InChI is InChI=1S/C17H20N2O3S2/c1-11-4-6-17(7-5-11,16(21)22)19-14(20)9-12-10-24-15(18-12)13-3-2-8-23-13/h2-3,8,10-11H,4-7,9H2,1H3,(H,19,20)(H,21,22). The van der Waals surface area contributed by atoms with Crippen LogP contribution in [0.25, 0.3) is 9.88 Å². The van der Waals surface area contributed by atoms with Gasteiger partial charge in [0, 0.05) is 5.38 Å². The maximum Gasteiger partial charge on any atom is 0.329 e. The zero-order valence-corrected chi connectivity index (χ0v) is 15.1. The number of carbonyl (C=O) groups is 2. The first-order valence-electron chi connectivity index (χ1n) is 8.01. The molecule has 2 heterocycles. The summed E-state index contributed by atoms with van der Waals surface area (Å²) in [4.78, 5) is 29.6. The molecule has 1 fully saturated rings. The molecule has 1 amide bonds. The Morgan fingerprint density at radius 2 is 2.12 bits per heavy atom. The van der Waals surface area contributed by atoms with Crippen LogP contribution in [0.3, 0.4) is 0 Å². The third-order valence-electron chi connectivity index (χ3n) is 4.54. The summed E-state index contributed by atoms with van der Waals surface area (Å²) >= 11 is 3.11. The SMILES string of the molecule is CC1CCC(NC(=O)Cc2csc(-c3cccs3)n2)(C(=O)O)CC1. The molecule has 0 unspecified atom stereocenters. The number of rotatable bonds is 5. The molecule has 7 heteroatoms. The van der Waals surface area contributed by atoms with Gasteiger partial charge < -0.3 is 10.4 Å². The van der Waals surface area contributed by atoms with E-state index >= 15 is 0 Å². The second-order valence-electron chi connectivity index (χ2n) is 6.42. The average Bonchev–Trinajstić information content (AvgIpc) is 3.20. The van der Waals surface area contributed by atoms with Gasteiger partial charge in [0.25, 0.3) is 0 Å². The first-order valence-corrected chi connectivity index (χ1v) is 9.77. The fraction of sp³-hybridized carbons (Fsp3) is 0.471. The molecule has 0 saturated heterocycles. The topological polar surface area (TPSA) is 79.3 Å². The Morgan fingerprint density at radius 3 is 2.75 bits per heavy atom. The van der Waals surface area contributed by atoms with Gasteiger partial charge in [-0.1, -0.05) is 13.0 Å². The van der Waals surface area contributed by atoms with E-state index in [-0.39, 0.29) is 12.3 Å². The summed E-state index contributed by atoms with van der Waals surface area (Å²) in [6.07, 6.45) is 2.75. The van der Waals surface area contributed by atoms with Crippen molar-refractivity contribution in [2.24, 2.45) is 5.92 Å². The summed E-state index contributed by atoms with van der Waals surface area (Å²) < 4.78 is 0. The lowest BCUT2D eigenvalue weighted by Crippen LogP contribution is -2.56. The molecule has 0 spiro atoms. The Hall–Kier alpha value is -1.73. The monoisotopic (exact) mass is 364 g/mol. The lowest BCUT2D eigenvalue weighted by atomic mass is 9.77. The van der Waals surface area contributed by atoms with E-state index in [0.29, 0.717) is 24.5 Å². The number of aromatic nitrogens is 1. The smallest absolute Gasteiger partial charge is 0.329 e. The van der Waals surface area contributed by atoms with E-state index in [1.165, 1.54) is 11.3 Å². The minimum Gasteiger partial charge on any atom is -0.480 e. The van der Waals surface area contributed by atoms with Gasteiger partial charge in [0.15, 0.2) is 0 Å². The third-order valence-corrected chi connectivity index (χ3v) is 6.47. The number of carbonyl (C=O) groups excluding carboxylic acids is 1. The first-order chi connectivity index (χ1) is 11.5. The van der Waals surface area contributed by atoms with E-state index in [4.69, 9.17) is 0 Å². The van der Waals surface area contributed by atoms with E-state index in [1.807, 2.05) is 22.9 Å². The molecule has 2 aromatic rings. The van der Waals surface area contributed by atoms with Gasteiger partial charge in [-0.15, -0.1) is 22.7 Å². The van der Waals surface area contributed by atoms with Crippen LogP contribution in [-0.2, 0) is 16.0 Å². The molecule has 5 nitrogen and oxygen atoms in total. The number of nitrogens with one attached hydrogen (secondary N) is 1. The molecule has 128 valence electrons. The molecule has 0 aromatic carbocycles. The number of amides is 1. The zero-order valence-electron chi connectivity index (χ0n) is 13.4. The van der Waals surface area contributed by atoms with E-state index in [2.05, 4.69) is 17.2 Å². The van der Waals surface area contributed by atoms with Crippen LogP contribution in [0, 0.1) is 5.92 Å². The van der Waals surface area contributed by atoms with Crippen LogP contribution in [-0.4, -0.2) is 27.5 Å². The molecular weight excluding hydrogens is 344 g/mol. The van der Waals surface area contributed by atoms with Crippen LogP contribution in [0.5, 0.6) is 0 Å². The molecule has 0 bridgehead atoms. The molecule has 1 aliphatic carbocycles. The second-order valence-corrected chi connectivity index (χ2v) is 8.22. The van der Waals surface area contributed by atoms with Crippen molar-refractivity contribution in [1.29, 1.82) is 0 Å². The fourth-order valence-corrected chi connectivity index (χ4v) is 4.66. The van der Waals surface area contributed by atoms with Crippen molar-refractivity contribution >= 4 is 34.6 Å². The van der Waals surface area contributed by atoms with Gasteiger partial charge in [-0.3, -0.25) is 4.79 Å². The summed E-state index contributed by atoms with van der Waals surface area (Å²) in [7, 11) is 0. The predicted molar refractivity (Wildman–Crippen MR) is 95.3 cm³/mol. The van der Waals surface area contributed by atoms with Crippen LogP contribution >= 0.6 is 22.7 Å². The van der Waals surface area contributed by atoms with Gasteiger partial charge >= 0.3 is 5.97 Å². The molecule has 0 aliphatic heterocycles. The van der Waals surface area contributed by atoms with Crippen LogP contribution < -0.4 is 5.32 Å². The number of carboxylic acids is 1. The van der Waals surface area contributed by atoms with E-state index in [1.54, 1.807) is 11.3 Å². The van der Waals surface area contributed by atoms with E-state index < -0.39 is 11.5 Å². The van der Waals surface area contributed by atoms with Gasteiger partial charge in [0.05, 0.1) is 17.0 Å². The highest BCUT2D eigenvalue weighted by Crippen LogP contribution is 2.32. The van der Waals surface area contributed by atoms with Crippen LogP contribution in [0.2, 0.25) is 0 Å². The van der Waals surface area contributed by atoms with E-state index in [0.717, 1.165) is 22.7 Å². The van der Waals surface area contributed by atoms with Gasteiger partial charge in [0.2, 0.25) is 5.91 Å². The Bertz CT molecular complexity index is 716. The number of thiophene rings is 1. The molecule has 2 N–H and O–H groups in total. The Morgan fingerprint density at radius 1 is 1.38 bits per heavy atom. The van der Waals surface area contributed by atoms with Gasteiger partial charge in [-0.2, -0.15) is 0 Å². The summed E-state index contributed by atoms with van der Waals surface area (Å²) in [5, 5.41) is 17.1. The van der Waals surface area contributed by atoms with Crippen molar-refractivity contribution in [2.75, 3.05) is 0 Å². The molecule has 0 atom stereocenters. The second kappa shape index (κ2) is 7.03. The minimum absolute atomic E-state index is 0.118. The summed E-state index contributed by atoms with van der Waals surface area (Å²) in [6.45, 7) is 2.12. The first kappa shape index (κ1) is 17.1. The van der Waals surface area contributed by atoms with Crippen LogP contribution in [0.4, 0.5) is 0 Å². The molecule has 3 rings (SSSR count). The van der Waals surface area contributed by atoms with Gasteiger partial charge in [0.1, 0.15) is 10.5 Å². The van der Waals surface area contributed by atoms with Crippen molar-refractivity contribution in [3.8, 4) is 9.88 Å². The molecule has 24 heavy (non-hydrogen) atoms. The number of thiazole rings is 1. The van der Waals surface area contributed by atoms with Gasteiger partial charge in [-0.05, 0) is 43.0 Å². The highest BCUT2D eigenvalue weighted by molar-refractivity contribution is 7.20. The number of carboxylic acid groups (broad SMARTS) is 1. The van der Waals surface area contributed by atoms with Crippen LogP contribution in [0.15, 0.2) is 22.9 Å². The molecule has 1 aliphatic rings. The lowest BCUT2D eigenvalue weighted by molar-refractivity contribution is -0.149. The summed E-state index contributed by atoms with van der Waals surface area (Å²) in [6, 6.07) is 3.96. The predicted octanol–water partition coefficient (Wildman–Crippen LogP) is 3.56. The highest BCUT2D eigenvalue weighted by Gasteiger charge is 2.42. The Balaban J connectivity index is 1.65. The largest absolute Gasteiger partial charge is 0.480 e. The maximum atomic E-state index is 12.4. The average molecular weight is 364 g/mol. The van der Waals surface area contributed by atoms with Crippen molar-refractivity contribution in [1.82, 2.24) is 10.3 Å². The molecule has 1 saturated carbocycles. The molecular formula is C17H20N2O3S2. The number of nitrogens with zero attached hydrogens (tertiary/aromatic N) is 1. The highest BCUT2D eigenvalue weighted by atomic mass is 32.1. The van der Waals surface area contributed by atoms with Crippen molar-refractivity contribution in [2.45, 2.75) is 44.6 Å². The number of hydrogen-bond donors (Lipinski definition) is 2. The third kappa shape index (κ3) is 3.67. The Kier molecular flexibility index (Phi) is 5.01. The van der Waals surface area contributed by atoms with Crippen molar-refractivity contribution in [3.05, 3.63) is 28.6 Å². The van der Waals surface area contributed by atoms with Gasteiger partial charge in [-0.25, -0.2) is 9.78 Å². The van der Waals surface area contributed by atoms with E-state index in [9.17, 15) is 14.7 Å². The minimum atomic E-state index is -1.11. The van der Waals surface area contributed by atoms with Crippen molar-refractivity contribution in [3.63, 3.8) is 0 Å². The normalized spacial score (nSPS) is 23.8. The zero-order chi connectivity index (χ0) is 17.2. The maximum absolute atomic E-state index is 12.4. The number of hydrogen-bond acceptors (Lipinski definition) is 5. The van der Waals surface area contributed by atoms with Crippen LogP contribution in [0.1, 0.15) is 38.3 Å².